The quantitative estimate of drug-likeness (QED) is 0.812. The molecule has 1 aliphatic heterocycles. The standard InChI is InChI=1S/C10H11ClFN3O.ClH/c11-8-2-1-3-9(14-8)15-10(16)7-4-6(12)5-13-7;/h1-3,6-7,13H,4-5H2,(H,14,15,16);1H. The summed E-state index contributed by atoms with van der Waals surface area (Å²) >= 11 is 5.67. The van der Waals surface area contributed by atoms with Gasteiger partial charge in [-0.2, -0.15) is 0 Å². The maximum absolute atomic E-state index is 12.9. The Kier molecular flexibility index (Phi) is 5.11. The highest BCUT2D eigenvalue weighted by atomic mass is 35.5. The molecule has 0 spiro atoms. The van der Waals surface area contributed by atoms with E-state index < -0.39 is 12.2 Å². The minimum Gasteiger partial charge on any atom is -0.309 e. The lowest BCUT2D eigenvalue weighted by Crippen LogP contribution is -2.35. The number of nitrogens with zero attached hydrogens (tertiary/aromatic N) is 1. The lowest BCUT2D eigenvalue weighted by Gasteiger charge is -2.09. The van der Waals surface area contributed by atoms with E-state index in [0.29, 0.717) is 11.0 Å². The van der Waals surface area contributed by atoms with Crippen molar-refractivity contribution >= 4 is 35.7 Å². The van der Waals surface area contributed by atoms with Crippen molar-refractivity contribution in [3.63, 3.8) is 0 Å². The SMILES string of the molecule is Cl.O=C(Nc1cccc(Cl)n1)C1CC(F)CN1. The van der Waals surface area contributed by atoms with Crippen LogP contribution < -0.4 is 10.6 Å². The van der Waals surface area contributed by atoms with Crippen molar-refractivity contribution in [1.29, 1.82) is 0 Å². The molecule has 0 bridgehead atoms. The van der Waals surface area contributed by atoms with Crippen LogP contribution in [-0.2, 0) is 4.79 Å². The van der Waals surface area contributed by atoms with E-state index >= 15 is 0 Å². The number of hydrogen-bond acceptors (Lipinski definition) is 3. The number of anilines is 1. The van der Waals surface area contributed by atoms with Crippen LogP contribution in [0, 0.1) is 0 Å². The fourth-order valence-corrected chi connectivity index (χ4v) is 1.75. The average Bonchev–Trinajstić information content (AvgIpc) is 2.65. The third kappa shape index (κ3) is 3.80. The largest absolute Gasteiger partial charge is 0.309 e. The van der Waals surface area contributed by atoms with Crippen molar-refractivity contribution in [2.45, 2.75) is 18.6 Å². The van der Waals surface area contributed by atoms with E-state index in [4.69, 9.17) is 11.6 Å². The fourth-order valence-electron chi connectivity index (χ4n) is 1.58. The molecule has 1 aromatic rings. The lowest BCUT2D eigenvalue weighted by molar-refractivity contribution is -0.117. The molecule has 1 fully saturated rings. The second-order valence-corrected chi connectivity index (χ2v) is 4.02. The predicted molar refractivity (Wildman–Crippen MR) is 66.4 cm³/mol. The second-order valence-electron chi connectivity index (χ2n) is 3.63. The highest BCUT2D eigenvalue weighted by Crippen LogP contribution is 2.13. The van der Waals surface area contributed by atoms with E-state index in [1.54, 1.807) is 18.2 Å². The van der Waals surface area contributed by atoms with Crippen molar-refractivity contribution in [3.8, 4) is 0 Å². The van der Waals surface area contributed by atoms with E-state index in [2.05, 4.69) is 15.6 Å². The number of rotatable bonds is 2. The van der Waals surface area contributed by atoms with Crippen LogP contribution in [0.15, 0.2) is 18.2 Å². The average molecular weight is 280 g/mol. The Bertz CT molecular complexity index is 405. The summed E-state index contributed by atoms with van der Waals surface area (Å²) in [5.74, 6) is 0.0940. The summed E-state index contributed by atoms with van der Waals surface area (Å²) in [5, 5.41) is 5.68. The molecular formula is C10H12Cl2FN3O. The zero-order valence-corrected chi connectivity index (χ0v) is 10.4. The first-order chi connectivity index (χ1) is 7.65. The van der Waals surface area contributed by atoms with Crippen LogP contribution in [0.4, 0.5) is 10.2 Å². The molecule has 2 unspecified atom stereocenters. The molecule has 1 aliphatic rings. The van der Waals surface area contributed by atoms with Crippen LogP contribution in [-0.4, -0.2) is 29.6 Å². The van der Waals surface area contributed by atoms with Crippen LogP contribution in [0.1, 0.15) is 6.42 Å². The van der Waals surface area contributed by atoms with E-state index in [0.717, 1.165) is 0 Å². The van der Waals surface area contributed by atoms with E-state index in [1.807, 2.05) is 0 Å². The van der Waals surface area contributed by atoms with Gasteiger partial charge in [0, 0.05) is 13.0 Å². The number of pyridine rings is 1. The summed E-state index contributed by atoms with van der Waals surface area (Å²) in [5.41, 5.74) is 0. The number of nitrogens with one attached hydrogen (secondary N) is 2. The van der Waals surface area contributed by atoms with Gasteiger partial charge in [-0.25, -0.2) is 9.37 Å². The Morgan fingerprint density at radius 3 is 2.94 bits per heavy atom. The molecule has 7 heteroatoms. The second kappa shape index (κ2) is 6.14. The molecule has 2 N–H and O–H groups in total. The van der Waals surface area contributed by atoms with Crippen molar-refractivity contribution in [1.82, 2.24) is 10.3 Å². The molecule has 4 nitrogen and oxygen atoms in total. The normalized spacial score (nSPS) is 22.9. The first-order valence-corrected chi connectivity index (χ1v) is 5.34. The van der Waals surface area contributed by atoms with Gasteiger partial charge in [-0.3, -0.25) is 4.79 Å². The predicted octanol–water partition coefficient (Wildman–Crippen LogP) is 1.80. The maximum atomic E-state index is 12.9. The third-order valence-corrected chi connectivity index (χ3v) is 2.57. The van der Waals surface area contributed by atoms with Crippen molar-refractivity contribution in [2.24, 2.45) is 0 Å². The Hall–Kier alpha value is -0.910. The number of halogens is 3. The highest BCUT2D eigenvalue weighted by Gasteiger charge is 2.29. The zero-order valence-electron chi connectivity index (χ0n) is 8.82. The number of alkyl halides is 1. The van der Waals surface area contributed by atoms with Gasteiger partial charge in [-0.1, -0.05) is 17.7 Å². The van der Waals surface area contributed by atoms with E-state index in [9.17, 15) is 9.18 Å². The van der Waals surface area contributed by atoms with Gasteiger partial charge in [0.1, 0.15) is 17.1 Å². The van der Waals surface area contributed by atoms with Crippen LogP contribution in [0.3, 0.4) is 0 Å². The molecule has 1 saturated heterocycles. The number of carbonyl (C=O) groups is 1. The summed E-state index contributed by atoms with van der Waals surface area (Å²) in [6.07, 6.45) is -0.755. The summed E-state index contributed by atoms with van der Waals surface area (Å²) in [4.78, 5) is 15.6. The smallest absolute Gasteiger partial charge is 0.242 e. The molecule has 0 radical (unpaired) electrons. The van der Waals surface area contributed by atoms with Gasteiger partial charge >= 0.3 is 0 Å². The number of carbonyl (C=O) groups excluding carboxylic acids is 1. The van der Waals surface area contributed by atoms with Gasteiger partial charge in [0.05, 0.1) is 6.04 Å². The van der Waals surface area contributed by atoms with Crippen molar-refractivity contribution < 1.29 is 9.18 Å². The van der Waals surface area contributed by atoms with E-state index in [-0.39, 0.29) is 31.3 Å². The number of aromatic nitrogens is 1. The number of amides is 1. The van der Waals surface area contributed by atoms with Crippen LogP contribution in [0.25, 0.3) is 0 Å². The van der Waals surface area contributed by atoms with Crippen LogP contribution >= 0.6 is 24.0 Å². The first kappa shape index (κ1) is 14.2. The molecule has 2 atom stereocenters. The Morgan fingerprint density at radius 1 is 1.59 bits per heavy atom. The Morgan fingerprint density at radius 2 is 2.35 bits per heavy atom. The molecule has 0 saturated carbocycles. The van der Waals surface area contributed by atoms with Gasteiger partial charge in [-0.05, 0) is 12.1 Å². The third-order valence-electron chi connectivity index (χ3n) is 2.36. The monoisotopic (exact) mass is 279 g/mol. The molecule has 1 aromatic heterocycles. The van der Waals surface area contributed by atoms with Gasteiger partial charge in [0.25, 0.3) is 0 Å². The minimum atomic E-state index is -0.955. The van der Waals surface area contributed by atoms with Gasteiger partial charge in [0.15, 0.2) is 0 Å². The van der Waals surface area contributed by atoms with Crippen LogP contribution in [0.2, 0.25) is 5.15 Å². The summed E-state index contributed by atoms with van der Waals surface area (Å²) in [6, 6.07) is 4.44. The zero-order chi connectivity index (χ0) is 11.5. The van der Waals surface area contributed by atoms with E-state index in [1.165, 1.54) is 0 Å². The first-order valence-electron chi connectivity index (χ1n) is 4.96. The fraction of sp³-hybridized carbons (Fsp3) is 0.400. The molecule has 0 aromatic carbocycles. The minimum absolute atomic E-state index is 0. The lowest BCUT2D eigenvalue weighted by atomic mass is 10.2. The molecule has 1 amide bonds. The number of hydrogen-bond donors (Lipinski definition) is 2. The highest BCUT2D eigenvalue weighted by molar-refractivity contribution is 6.29. The molecule has 2 heterocycles. The summed E-state index contributed by atoms with van der Waals surface area (Å²) < 4.78 is 12.9. The molecule has 94 valence electrons. The van der Waals surface area contributed by atoms with Crippen molar-refractivity contribution in [3.05, 3.63) is 23.4 Å². The van der Waals surface area contributed by atoms with Crippen molar-refractivity contribution in [2.75, 3.05) is 11.9 Å². The topological polar surface area (TPSA) is 54.0 Å². The Balaban J connectivity index is 0.00000144. The van der Waals surface area contributed by atoms with Crippen LogP contribution in [0.5, 0.6) is 0 Å². The summed E-state index contributed by atoms with van der Waals surface area (Å²) in [7, 11) is 0. The summed E-state index contributed by atoms with van der Waals surface area (Å²) in [6.45, 7) is 0.223. The van der Waals surface area contributed by atoms with Gasteiger partial charge in [-0.15, -0.1) is 12.4 Å². The molecule has 0 aliphatic carbocycles. The molecule has 17 heavy (non-hydrogen) atoms. The van der Waals surface area contributed by atoms with Gasteiger partial charge < -0.3 is 10.6 Å². The van der Waals surface area contributed by atoms with Gasteiger partial charge in [0.2, 0.25) is 5.91 Å². The molecular weight excluding hydrogens is 268 g/mol. The maximum Gasteiger partial charge on any atom is 0.242 e. The molecule has 2 rings (SSSR count). The Labute approximate surface area is 109 Å².